The molecule has 0 aliphatic rings. The Bertz CT molecular complexity index is 1370. The lowest BCUT2D eigenvalue weighted by atomic mass is 10.1. The summed E-state index contributed by atoms with van der Waals surface area (Å²) in [5, 5.41) is 22.1. The van der Waals surface area contributed by atoms with Crippen molar-refractivity contribution in [3.05, 3.63) is 60.6 Å². The number of para-hydroxylation sites is 2. The first-order valence-electron chi connectivity index (χ1n) is 9.83. The molecule has 0 aliphatic heterocycles. The molecule has 166 valence electrons. The maximum atomic E-state index is 12.9. The van der Waals surface area contributed by atoms with Gasteiger partial charge in [0.1, 0.15) is 5.75 Å². The number of phenols is 1. The molecular weight excluding hydrogens is 432 g/mol. The predicted molar refractivity (Wildman–Crippen MR) is 120 cm³/mol. The van der Waals surface area contributed by atoms with Crippen LogP contribution in [0.3, 0.4) is 0 Å². The van der Waals surface area contributed by atoms with E-state index in [-0.39, 0.29) is 29.0 Å². The highest BCUT2D eigenvalue weighted by atomic mass is 32.2. The molecule has 10 nitrogen and oxygen atoms in total. The lowest BCUT2D eigenvalue weighted by molar-refractivity contribution is 0.288. The fraction of sp³-hybridized carbons (Fsp3) is 0.190. The molecule has 2 heterocycles. The van der Waals surface area contributed by atoms with E-state index in [1.165, 1.54) is 23.2 Å². The number of nitrogens with zero attached hydrogens (tertiary/aromatic N) is 4. The topological polar surface area (TPSA) is 142 Å². The van der Waals surface area contributed by atoms with Crippen LogP contribution in [-0.4, -0.2) is 44.8 Å². The molecule has 0 saturated carbocycles. The molecular formula is C21H22N6O4S. The van der Waals surface area contributed by atoms with Crippen LogP contribution >= 0.6 is 0 Å². The number of aromatic nitrogens is 4. The number of rotatable bonds is 8. The van der Waals surface area contributed by atoms with Crippen molar-refractivity contribution in [2.75, 3.05) is 16.6 Å². The first kappa shape index (κ1) is 21.5. The number of imidazole rings is 1. The van der Waals surface area contributed by atoms with Gasteiger partial charge in [0.15, 0.2) is 16.7 Å². The number of hydrogen-bond acceptors (Lipinski definition) is 8. The first-order chi connectivity index (χ1) is 15.4. The van der Waals surface area contributed by atoms with Crippen LogP contribution in [0.5, 0.6) is 5.75 Å². The van der Waals surface area contributed by atoms with E-state index in [1.54, 1.807) is 43.4 Å². The van der Waals surface area contributed by atoms with E-state index in [0.29, 0.717) is 29.6 Å². The molecule has 0 fully saturated rings. The van der Waals surface area contributed by atoms with Gasteiger partial charge in [-0.1, -0.05) is 18.2 Å². The fourth-order valence-electron chi connectivity index (χ4n) is 3.16. The minimum atomic E-state index is -4.02. The third kappa shape index (κ3) is 4.63. The molecule has 0 radical (unpaired) electrons. The Kier molecular flexibility index (Phi) is 5.93. The normalized spacial score (nSPS) is 11.6. The van der Waals surface area contributed by atoms with Crippen molar-refractivity contribution in [3.63, 3.8) is 0 Å². The monoisotopic (exact) mass is 454 g/mol. The number of fused-ring (bicyclic) bond motifs is 1. The number of hydrogen-bond donors (Lipinski definition) is 4. The van der Waals surface area contributed by atoms with Gasteiger partial charge in [-0.3, -0.25) is 4.72 Å². The SMILES string of the molecule is Cn1cnc(S(=O)(=O)Nc2nc3ccccc3nc2Nc2cc(O)ccc2CCCO)c1. The van der Waals surface area contributed by atoms with Crippen LogP contribution in [0.1, 0.15) is 12.0 Å². The number of benzene rings is 2. The summed E-state index contributed by atoms with van der Waals surface area (Å²) >= 11 is 0. The Hall–Kier alpha value is -3.70. The van der Waals surface area contributed by atoms with E-state index < -0.39 is 10.0 Å². The number of nitrogens with one attached hydrogen (secondary N) is 2. The van der Waals surface area contributed by atoms with Crippen LogP contribution in [0.15, 0.2) is 60.0 Å². The van der Waals surface area contributed by atoms with Gasteiger partial charge >= 0.3 is 0 Å². The van der Waals surface area contributed by atoms with Gasteiger partial charge in [-0.2, -0.15) is 8.42 Å². The summed E-state index contributed by atoms with van der Waals surface area (Å²) in [6.07, 6.45) is 3.85. The molecule has 32 heavy (non-hydrogen) atoms. The highest BCUT2D eigenvalue weighted by molar-refractivity contribution is 7.92. The second kappa shape index (κ2) is 8.81. The number of aryl methyl sites for hydroxylation is 2. The van der Waals surface area contributed by atoms with Crippen LogP contribution in [-0.2, 0) is 23.5 Å². The summed E-state index contributed by atoms with van der Waals surface area (Å²) in [5.41, 5.74) is 2.42. The zero-order valence-corrected chi connectivity index (χ0v) is 18.0. The number of aromatic hydroxyl groups is 1. The lowest BCUT2D eigenvalue weighted by Crippen LogP contribution is -2.16. The van der Waals surface area contributed by atoms with E-state index in [4.69, 9.17) is 0 Å². The molecule has 0 aliphatic carbocycles. The third-order valence-corrected chi connectivity index (χ3v) is 5.93. The zero-order chi connectivity index (χ0) is 22.7. The van der Waals surface area contributed by atoms with Crippen molar-refractivity contribution >= 4 is 38.4 Å². The molecule has 11 heteroatoms. The molecule has 0 bridgehead atoms. The molecule has 4 aromatic rings. The van der Waals surface area contributed by atoms with Gasteiger partial charge in [-0.15, -0.1) is 0 Å². The molecule has 2 aromatic carbocycles. The molecule has 0 atom stereocenters. The van der Waals surface area contributed by atoms with Gasteiger partial charge in [-0.05, 0) is 36.6 Å². The van der Waals surface area contributed by atoms with Gasteiger partial charge < -0.3 is 20.1 Å². The third-order valence-electron chi connectivity index (χ3n) is 4.71. The smallest absolute Gasteiger partial charge is 0.282 e. The van der Waals surface area contributed by atoms with Gasteiger partial charge in [0.25, 0.3) is 10.0 Å². The van der Waals surface area contributed by atoms with Crippen molar-refractivity contribution in [1.29, 1.82) is 0 Å². The average Bonchev–Trinajstić information content (AvgIpc) is 3.21. The van der Waals surface area contributed by atoms with Gasteiger partial charge in [0, 0.05) is 31.6 Å². The predicted octanol–water partition coefficient (Wildman–Crippen LogP) is 2.54. The summed E-state index contributed by atoms with van der Waals surface area (Å²) in [4.78, 5) is 12.9. The number of aliphatic hydroxyl groups is 1. The molecule has 4 rings (SSSR count). The summed E-state index contributed by atoms with van der Waals surface area (Å²) in [5.74, 6) is 0.189. The molecule has 0 amide bonds. The summed E-state index contributed by atoms with van der Waals surface area (Å²) < 4.78 is 29.7. The van der Waals surface area contributed by atoms with E-state index in [1.807, 2.05) is 0 Å². The minimum absolute atomic E-state index is 0.00851. The molecule has 4 N–H and O–H groups in total. The van der Waals surface area contributed by atoms with Crippen molar-refractivity contribution < 1.29 is 18.6 Å². The molecule has 0 spiro atoms. The summed E-state index contributed by atoms with van der Waals surface area (Å²) in [6.45, 7) is 0.0191. The number of sulfonamides is 1. The van der Waals surface area contributed by atoms with Crippen LogP contribution in [0.25, 0.3) is 11.0 Å². The van der Waals surface area contributed by atoms with Crippen molar-refractivity contribution in [3.8, 4) is 5.75 Å². The average molecular weight is 455 g/mol. The van der Waals surface area contributed by atoms with E-state index in [2.05, 4.69) is 25.0 Å². The standard InChI is InChI=1S/C21H22N6O4S/c1-27-12-19(22-13-27)32(30,31)26-21-20(23-16-6-2-3-7-17(16)24-21)25-18-11-15(29)9-8-14(18)5-4-10-28/h2-3,6-9,11-13,28-29H,4-5,10H2,1H3,(H,23,25)(H,24,26). The maximum absolute atomic E-state index is 12.9. The quantitative estimate of drug-likeness (QED) is 0.318. The molecule has 2 aromatic heterocycles. The lowest BCUT2D eigenvalue weighted by Gasteiger charge is -2.16. The fourth-order valence-corrected chi connectivity index (χ4v) is 4.15. The Labute approximate surface area is 184 Å². The number of phenolic OH excluding ortho intramolecular Hbond substituents is 1. The molecule has 0 unspecified atom stereocenters. The Morgan fingerprint density at radius 1 is 1.06 bits per heavy atom. The van der Waals surface area contributed by atoms with Crippen molar-refractivity contribution in [2.24, 2.45) is 7.05 Å². The summed E-state index contributed by atoms with van der Waals surface area (Å²) in [7, 11) is -2.34. The minimum Gasteiger partial charge on any atom is -0.508 e. The number of anilines is 3. The highest BCUT2D eigenvalue weighted by Crippen LogP contribution is 2.30. The van der Waals surface area contributed by atoms with Gasteiger partial charge in [-0.25, -0.2) is 15.0 Å². The van der Waals surface area contributed by atoms with E-state index in [0.717, 1.165) is 5.56 Å². The Morgan fingerprint density at radius 3 is 2.44 bits per heavy atom. The Balaban J connectivity index is 1.78. The van der Waals surface area contributed by atoms with Crippen LogP contribution in [0.4, 0.5) is 17.3 Å². The largest absolute Gasteiger partial charge is 0.508 e. The molecule has 0 saturated heterocycles. The van der Waals surface area contributed by atoms with Crippen molar-refractivity contribution in [2.45, 2.75) is 17.9 Å². The second-order valence-corrected chi connectivity index (χ2v) is 8.82. The van der Waals surface area contributed by atoms with Crippen LogP contribution < -0.4 is 10.0 Å². The second-order valence-electron chi connectivity index (χ2n) is 7.19. The maximum Gasteiger partial charge on any atom is 0.282 e. The highest BCUT2D eigenvalue weighted by Gasteiger charge is 2.21. The first-order valence-corrected chi connectivity index (χ1v) is 11.3. The van der Waals surface area contributed by atoms with Gasteiger partial charge in [0.2, 0.25) is 0 Å². The Morgan fingerprint density at radius 2 is 1.78 bits per heavy atom. The zero-order valence-electron chi connectivity index (χ0n) is 17.2. The van der Waals surface area contributed by atoms with E-state index in [9.17, 15) is 18.6 Å². The van der Waals surface area contributed by atoms with E-state index >= 15 is 0 Å². The summed E-state index contributed by atoms with van der Waals surface area (Å²) in [6, 6.07) is 11.9. The van der Waals surface area contributed by atoms with Gasteiger partial charge in [0.05, 0.1) is 17.4 Å². The number of aliphatic hydroxyl groups excluding tert-OH is 1. The van der Waals surface area contributed by atoms with Crippen LogP contribution in [0, 0.1) is 0 Å². The van der Waals surface area contributed by atoms with Crippen LogP contribution in [0.2, 0.25) is 0 Å². The van der Waals surface area contributed by atoms with Crippen molar-refractivity contribution in [1.82, 2.24) is 19.5 Å².